The molecule has 1 aromatic heterocycles. The lowest BCUT2D eigenvalue weighted by molar-refractivity contribution is 1.13. The molecule has 0 bridgehead atoms. The molecular weight excluding hydrogens is 219 g/mol. The van der Waals surface area contributed by atoms with Crippen LogP contribution in [0.3, 0.4) is 0 Å². The quantitative estimate of drug-likeness (QED) is 0.550. The van der Waals surface area contributed by atoms with E-state index in [0.717, 1.165) is 22.9 Å². The summed E-state index contributed by atoms with van der Waals surface area (Å²) in [5.41, 5.74) is 1.98. The standard InChI is InChI=1S/C10H8Cl2N2/c1-2-6-4-3-5-7-8(6)13-10(12)14-9(7)11/h3-5H,2H2,1H3. The Labute approximate surface area is 91.9 Å². The Morgan fingerprint density at radius 1 is 1.21 bits per heavy atom. The van der Waals surface area contributed by atoms with Gasteiger partial charge in [0.05, 0.1) is 5.52 Å². The van der Waals surface area contributed by atoms with E-state index in [1.807, 2.05) is 18.2 Å². The van der Waals surface area contributed by atoms with E-state index < -0.39 is 0 Å². The van der Waals surface area contributed by atoms with Gasteiger partial charge < -0.3 is 0 Å². The van der Waals surface area contributed by atoms with Crippen molar-refractivity contribution in [2.45, 2.75) is 13.3 Å². The second-order valence-electron chi connectivity index (χ2n) is 2.95. The molecule has 1 aromatic carbocycles. The summed E-state index contributed by atoms with van der Waals surface area (Å²) in [7, 11) is 0. The van der Waals surface area contributed by atoms with Gasteiger partial charge in [-0.25, -0.2) is 9.97 Å². The first kappa shape index (κ1) is 9.69. The molecule has 0 aliphatic carbocycles. The third-order valence-electron chi connectivity index (χ3n) is 2.12. The highest BCUT2D eigenvalue weighted by Crippen LogP contribution is 2.24. The lowest BCUT2D eigenvalue weighted by Crippen LogP contribution is -1.91. The summed E-state index contributed by atoms with van der Waals surface area (Å²) in [6, 6.07) is 5.86. The van der Waals surface area contributed by atoms with Crippen molar-refractivity contribution < 1.29 is 0 Å². The second-order valence-corrected chi connectivity index (χ2v) is 3.65. The first-order chi connectivity index (χ1) is 6.72. The van der Waals surface area contributed by atoms with Crippen LogP contribution in [0, 0.1) is 0 Å². The number of aromatic nitrogens is 2. The Morgan fingerprint density at radius 2 is 2.00 bits per heavy atom. The molecule has 72 valence electrons. The van der Waals surface area contributed by atoms with E-state index in [2.05, 4.69) is 16.9 Å². The summed E-state index contributed by atoms with van der Waals surface area (Å²) in [5, 5.41) is 1.47. The topological polar surface area (TPSA) is 25.8 Å². The zero-order valence-corrected chi connectivity index (χ0v) is 9.10. The highest BCUT2D eigenvalue weighted by molar-refractivity contribution is 6.35. The summed E-state index contributed by atoms with van der Waals surface area (Å²) < 4.78 is 0. The average molecular weight is 227 g/mol. The van der Waals surface area contributed by atoms with Gasteiger partial charge in [-0.3, -0.25) is 0 Å². The molecular formula is C10H8Cl2N2. The van der Waals surface area contributed by atoms with Crippen LogP contribution in [0.5, 0.6) is 0 Å². The zero-order chi connectivity index (χ0) is 10.1. The van der Waals surface area contributed by atoms with E-state index in [-0.39, 0.29) is 5.28 Å². The second kappa shape index (κ2) is 3.71. The van der Waals surface area contributed by atoms with Crippen LogP contribution in [0.25, 0.3) is 10.9 Å². The largest absolute Gasteiger partial charge is 0.224 e. The molecule has 0 amide bonds. The van der Waals surface area contributed by atoms with E-state index in [1.54, 1.807) is 0 Å². The number of para-hydroxylation sites is 1. The maximum Gasteiger partial charge on any atom is 0.224 e. The SMILES string of the molecule is CCc1cccc2c(Cl)nc(Cl)nc12. The fourth-order valence-electron chi connectivity index (χ4n) is 1.43. The van der Waals surface area contributed by atoms with Crippen molar-refractivity contribution in [3.05, 3.63) is 34.2 Å². The predicted octanol–water partition coefficient (Wildman–Crippen LogP) is 3.50. The Bertz CT molecular complexity index is 483. The van der Waals surface area contributed by atoms with Gasteiger partial charge in [0.15, 0.2) is 0 Å². The minimum Gasteiger partial charge on any atom is -0.218 e. The molecule has 0 aliphatic heterocycles. The number of hydrogen-bond acceptors (Lipinski definition) is 2. The molecule has 0 unspecified atom stereocenters. The van der Waals surface area contributed by atoms with Crippen LogP contribution in [0.4, 0.5) is 0 Å². The third-order valence-corrected chi connectivity index (χ3v) is 2.57. The van der Waals surface area contributed by atoms with Gasteiger partial charge in [0.2, 0.25) is 5.28 Å². The molecule has 0 spiro atoms. The molecule has 0 saturated heterocycles. The number of benzene rings is 1. The molecule has 0 fully saturated rings. The molecule has 14 heavy (non-hydrogen) atoms. The molecule has 2 aromatic rings. The summed E-state index contributed by atoms with van der Waals surface area (Å²) in [4.78, 5) is 8.07. The lowest BCUT2D eigenvalue weighted by Gasteiger charge is -2.04. The van der Waals surface area contributed by atoms with E-state index in [0.29, 0.717) is 5.15 Å². The molecule has 0 saturated carbocycles. The maximum atomic E-state index is 5.96. The summed E-state index contributed by atoms with van der Waals surface area (Å²) in [6.07, 6.45) is 0.904. The molecule has 0 radical (unpaired) electrons. The van der Waals surface area contributed by atoms with Crippen LogP contribution >= 0.6 is 23.2 Å². The van der Waals surface area contributed by atoms with Crippen LogP contribution in [-0.2, 0) is 6.42 Å². The van der Waals surface area contributed by atoms with Gasteiger partial charge in [-0.15, -0.1) is 0 Å². The van der Waals surface area contributed by atoms with Crippen molar-refractivity contribution >= 4 is 34.1 Å². The van der Waals surface area contributed by atoms with E-state index in [9.17, 15) is 0 Å². The monoisotopic (exact) mass is 226 g/mol. The lowest BCUT2D eigenvalue weighted by atomic mass is 10.1. The Balaban J connectivity index is 2.86. The van der Waals surface area contributed by atoms with Gasteiger partial charge in [-0.1, -0.05) is 30.7 Å². The molecule has 1 heterocycles. The fraction of sp³-hybridized carbons (Fsp3) is 0.200. The minimum absolute atomic E-state index is 0.198. The highest BCUT2D eigenvalue weighted by atomic mass is 35.5. The van der Waals surface area contributed by atoms with Gasteiger partial charge in [-0.05, 0) is 29.7 Å². The van der Waals surface area contributed by atoms with Crippen molar-refractivity contribution in [2.75, 3.05) is 0 Å². The van der Waals surface area contributed by atoms with Gasteiger partial charge in [-0.2, -0.15) is 0 Å². The van der Waals surface area contributed by atoms with Gasteiger partial charge in [0, 0.05) is 5.39 Å². The summed E-state index contributed by atoms with van der Waals surface area (Å²) in [6.45, 7) is 2.07. The normalized spacial score (nSPS) is 10.8. The van der Waals surface area contributed by atoms with Gasteiger partial charge >= 0.3 is 0 Å². The number of hydrogen-bond donors (Lipinski definition) is 0. The van der Waals surface area contributed by atoms with E-state index in [4.69, 9.17) is 23.2 Å². The van der Waals surface area contributed by atoms with Crippen LogP contribution < -0.4 is 0 Å². The smallest absolute Gasteiger partial charge is 0.218 e. The first-order valence-electron chi connectivity index (χ1n) is 4.33. The molecule has 0 atom stereocenters. The molecule has 4 heteroatoms. The van der Waals surface area contributed by atoms with Crippen molar-refractivity contribution in [1.82, 2.24) is 9.97 Å². The number of rotatable bonds is 1. The van der Waals surface area contributed by atoms with E-state index >= 15 is 0 Å². The van der Waals surface area contributed by atoms with Crippen LogP contribution in [0.1, 0.15) is 12.5 Å². The zero-order valence-electron chi connectivity index (χ0n) is 7.59. The minimum atomic E-state index is 0.198. The van der Waals surface area contributed by atoms with Gasteiger partial charge in [0.25, 0.3) is 0 Å². The molecule has 2 rings (SSSR count). The van der Waals surface area contributed by atoms with E-state index in [1.165, 1.54) is 0 Å². The fourth-order valence-corrected chi connectivity index (χ4v) is 1.88. The average Bonchev–Trinajstić information content (AvgIpc) is 2.17. The molecule has 0 aliphatic rings. The summed E-state index contributed by atoms with van der Waals surface area (Å²) >= 11 is 11.7. The number of nitrogens with zero attached hydrogens (tertiary/aromatic N) is 2. The van der Waals surface area contributed by atoms with Crippen molar-refractivity contribution in [3.63, 3.8) is 0 Å². The van der Waals surface area contributed by atoms with Crippen molar-refractivity contribution in [3.8, 4) is 0 Å². The number of halogens is 2. The first-order valence-corrected chi connectivity index (χ1v) is 5.08. The van der Waals surface area contributed by atoms with Crippen LogP contribution in [0.2, 0.25) is 10.4 Å². The van der Waals surface area contributed by atoms with Gasteiger partial charge in [0.1, 0.15) is 5.15 Å². The van der Waals surface area contributed by atoms with Crippen molar-refractivity contribution in [1.29, 1.82) is 0 Å². The Hall–Kier alpha value is -0.860. The van der Waals surface area contributed by atoms with Crippen LogP contribution in [-0.4, -0.2) is 9.97 Å². The molecule has 2 nitrogen and oxygen atoms in total. The highest BCUT2D eigenvalue weighted by Gasteiger charge is 2.06. The predicted molar refractivity (Wildman–Crippen MR) is 58.9 cm³/mol. The number of aryl methyl sites for hydroxylation is 1. The van der Waals surface area contributed by atoms with Crippen LogP contribution in [0.15, 0.2) is 18.2 Å². The summed E-state index contributed by atoms with van der Waals surface area (Å²) in [5.74, 6) is 0. The third kappa shape index (κ3) is 1.56. The molecule has 0 N–H and O–H groups in total. The van der Waals surface area contributed by atoms with Crippen molar-refractivity contribution in [2.24, 2.45) is 0 Å². The Morgan fingerprint density at radius 3 is 2.71 bits per heavy atom. The maximum absolute atomic E-state index is 5.96. The Kier molecular flexibility index (Phi) is 2.57. The number of fused-ring (bicyclic) bond motifs is 1.